The third-order valence-corrected chi connectivity index (χ3v) is 5.57. The number of aromatic hydroxyl groups is 1. The molecular weight excluding hydrogens is 481 g/mol. The molecular formula is C24H19F3N4O5. The molecule has 0 bridgehead atoms. The topological polar surface area (TPSA) is 112 Å². The van der Waals surface area contributed by atoms with Crippen LogP contribution >= 0.6 is 0 Å². The van der Waals surface area contributed by atoms with Crippen molar-refractivity contribution in [3.8, 4) is 5.75 Å². The first-order valence-corrected chi connectivity index (χ1v) is 10.6. The van der Waals surface area contributed by atoms with Gasteiger partial charge in [0.25, 0.3) is 11.8 Å². The highest BCUT2D eigenvalue weighted by Crippen LogP contribution is 2.23. The molecule has 2 heterocycles. The van der Waals surface area contributed by atoms with Crippen molar-refractivity contribution in [1.29, 1.82) is 0 Å². The van der Waals surface area contributed by atoms with Crippen molar-refractivity contribution < 1.29 is 32.7 Å². The number of nitrogens with one attached hydrogen (secondary N) is 1. The van der Waals surface area contributed by atoms with Crippen LogP contribution in [-0.4, -0.2) is 39.1 Å². The molecule has 3 aromatic rings. The van der Waals surface area contributed by atoms with Gasteiger partial charge in [-0.25, -0.2) is 22.9 Å². The second-order valence-electron chi connectivity index (χ2n) is 8.02. The molecule has 0 atom stereocenters. The van der Waals surface area contributed by atoms with Gasteiger partial charge in [0.2, 0.25) is 11.3 Å². The minimum atomic E-state index is -1.18. The minimum absolute atomic E-state index is 0.0518. The van der Waals surface area contributed by atoms with Crippen LogP contribution in [0.2, 0.25) is 0 Å². The number of amides is 3. The van der Waals surface area contributed by atoms with Crippen molar-refractivity contribution in [3.63, 3.8) is 0 Å². The summed E-state index contributed by atoms with van der Waals surface area (Å²) < 4.78 is 41.1. The van der Waals surface area contributed by atoms with Gasteiger partial charge >= 0.3 is 0 Å². The summed E-state index contributed by atoms with van der Waals surface area (Å²) in [6.45, 7) is 0.445. The molecule has 9 nitrogen and oxygen atoms in total. The normalized spacial score (nSPS) is 12.9. The standard InChI is InChI=1S/C24H19F3N4O5/c1-13(32)31-12-29(10-14-2-5-16(25)6-3-14)24(36)20-22(34)21(33)18(11-30(20)31)23(35)28-9-15-4-7-17(26)8-19(15)27/h2-8,11,34H,9-10,12H2,1H3,(H,28,35). The predicted octanol–water partition coefficient (Wildman–Crippen LogP) is 2.00. The number of carbonyl (C=O) groups excluding carboxylic acids is 3. The molecule has 0 spiro atoms. The Morgan fingerprint density at radius 1 is 1.03 bits per heavy atom. The summed E-state index contributed by atoms with van der Waals surface area (Å²) in [5.74, 6) is -5.63. The van der Waals surface area contributed by atoms with Gasteiger partial charge in [-0.15, -0.1) is 0 Å². The molecule has 0 saturated heterocycles. The molecule has 2 N–H and O–H groups in total. The molecule has 3 amide bonds. The van der Waals surface area contributed by atoms with Crippen LogP contribution in [0.3, 0.4) is 0 Å². The van der Waals surface area contributed by atoms with Crippen LogP contribution in [0.1, 0.15) is 38.9 Å². The van der Waals surface area contributed by atoms with E-state index >= 15 is 0 Å². The molecule has 2 aromatic carbocycles. The van der Waals surface area contributed by atoms with Gasteiger partial charge in [0.05, 0.1) is 0 Å². The number of fused-ring (bicyclic) bond motifs is 1. The molecule has 0 fully saturated rings. The number of carbonyl (C=O) groups is 3. The average Bonchev–Trinajstić information content (AvgIpc) is 2.83. The quantitative estimate of drug-likeness (QED) is 0.557. The predicted molar refractivity (Wildman–Crippen MR) is 120 cm³/mol. The van der Waals surface area contributed by atoms with Crippen LogP contribution in [0.4, 0.5) is 13.2 Å². The molecule has 0 aliphatic carbocycles. The number of benzene rings is 2. The van der Waals surface area contributed by atoms with E-state index in [1.54, 1.807) is 0 Å². The van der Waals surface area contributed by atoms with Gasteiger partial charge in [-0.2, -0.15) is 0 Å². The summed E-state index contributed by atoms with van der Waals surface area (Å²) in [6.07, 6.45) is 0.933. The Morgan fingerprint density at radius 3 is 2.33 bits per heavy atom. The zero-order chi connectivity index (χ0) is 26.1. The van der Waals surface area contributed by atoms with E-state index < -0.39 is 64.2 Å². The van der Waals surface area contributed by atoms with Gasteiger partial charge in [0, 0.05) is 37.8 Å². The Labute approximate surface area is 202 Å². The molecule has 1 aliphatic heterocycles. The van der Waals surface area contributed by atoms with E-state index in [-0.39, 0.29) is 18.8 Å². The van der Waals surface area contributed by atoms with Gasteiger partial charge in [-0.3, -0.25) is 19.2 Å². The second kappa shape index (κ2) is 9.56. The van der Waals surface area contributed by atoms with Crippen LogP contribution in [0, 0.1) is 17.5 Å². The van der Waals surface area contributed by atoms with Gasteiger partial charge in [-0.05, 0) is 23.8 Å². The number of halogens is 3. The molecule has 0 saturated carbocycles. The molecule has 1 aromatic heterocycles. The van der Waals surface area contributed by atoms with E-state index in [1.165, 1.54) is 36.1 Å². The SMILES string of the molecule is CC(=O)N1CN(Cc2ccc(F)cc2)C(=O)c2c(O)c(=O)c(C(=O)NCc3ccc(F)cc3F)cn21. The first-order chi connectivity index (χ1) is 17.1. The Balaban J connectivity index is 1.66. The van der Waals surface area contributed by atoms with Gasteiger partial charge < -0.3 is 15.3 Å². The Morgan fingerprint density at radius 2 is 1.69 bits per heavy atom. The number of hydrogen-bond donors (Lipinski definition) is 2. The second-order valence-corrected chi connectivity index (χ2v) is 8.02. The monoisotopic (exact) mass is 500 g/mol. The van der Waals surface area contributed by atoms with Crippen molar-refractivity contribution in [2.75, 3.05) is 11.7 Å². The maximum absolute atomic E-state index is 13.9. The van der Waals surface area contributed by atoms with E-state index in [1.807, 2.05) is 0 Å². The fraction of sp³-hybridized carbons (Fsp3) is 0.167. The largest absolute Gasteiger partial charge is 0.502 e. The van der Waals surface area contributed by atoms with Crippen LogP contribution in [0.25, 0.3) is 0 Å². The maximum atomic E-state index is 13.9. The third-order valence-electron chi connectivity index (χ3n) is 5.57. The molecule has 4 rings (SSSR count). The molecule has 36 heavy (non-hydrogen) atoms. The highest BCUT2D eigenvalue weighted by atomic mass is 19.1. The van der Waals surface area contributed by atoms with Crippen molar-refractivity contribution in [3.05, 3.63) is 98.7 Å². The molecule has 0 radical (unpaired) electrons. The van der Waals surface area contributed by atoms with Crippen LogP contribution in [0.5, 0.6) is 5.75 Å². The smallest absolute Gasteiger partial charge is 0.278 e. The van der Waals surface area contributed by atoms with Crippen molar-refractivity contribution in [2.24, 2.45) is 0 Å². The van der Waals surface area contributed by atoms with Gasteiger partial charge in [0.15, 0.2) is 11.4 Å². The minimum Gasteiger partial charge on any atom is -0.502 e. The summed E-state index contributed by atoms with van der Waals surface area (Å²) >= 11 is 0. The first-order valence-electron chi connectivity index (χ1n) is 10.6. The van der Waals surface area contributed by atoms with E-state index in [9.17, 15) is 37.5 Å². The summed E-state index contributed by atoms with van der Waals surface area (Å²) in [6, 6.07) is 8.04. The lowest BCUT2D eigenvalue weighted by atomic mass is 10.1. The fourth-order valence-electron chi connectivity index (χ4n) is 3.70. The lowest BCUT2D eigenvalue weighted by Crippen LogP contribution is -2.56. The van der Waals surface area contributed by atoms with E-state index in [0.29, 0.717) is 11.6 Å². The Bertz CT molecular complexity index is 1440. The van der Waals surface area contributed by atoms with Crippen molar-refractivity contribution >= 4 is 17.7 Å². The summed E-state index contributed by atoms with van der Waals surface area (Å²) in [5, 5.41) is 13.9. The number of hydrogen-bond acceptors (Lipinski definition) is 5. The van der Waals surface area contributed by atoms with E-state index in [2.05, 4.69) is 5.32 Å². The summed E-state index contributed by atoms with van der Waals surface area (Å²) in [7, 11) is 0. The molecule has 186 valence electrons. The summed E-state index contributed by atoms with van der Waals surface area (Å²) in [4.78, 5) is 52.1. The fourth-order valence-corrected chi connectivity index (χ4v) is 3.70. The average molecular weight is 500 g/mol. The number of aromatic nitrogens is 1. The molecule has 12 heteroatoms. The lowest BCUT2D eigenvalue weighted by molar-refractivity contribution is -0.118. The summed E-state index contributed by atoms with van der Waals surface area (Å²) in [5.41, 5.74) is -1.84. The highest BCUT2D eigenvalue weighted by Gasteiger charge is 2.35. The molecule has 1 aliphatic rings. The van der Waals surface area contributed by atoms with Crippen LogP contribution < -0.4 is 15.8 Å². The van der Waals surface area contributed by atoms with E-state index in [4.69, 9.17) is 0 Å². The van der Waals surface area contributed by atoms with Gasteiger partial charge in [-0.1, -0.05) is 18.2 Å². The van der Waals surface area contributed by atoms with E-state index in [0.717, 1.165) is 28.0 Å². The van der Waals surface area contributed by atoms with Crippen LogP contribution in [-0.2, 0) is 17.9 Å². The zero-order valence-electron chi connectivity index (χ0n) is 18.8. The first kappa shape index (κ1) is 24.5. The third kappa shape index (κ3) is 4.65. The maximum Gasteiger partial charge on any atom is 0.278 e. The Hall–Kier alpha value is -4.61. The zero-order valence-corrected chi connectivity index (χ0v) is 18.8. The Kier molecular flexibility index (Phi) is 6.51. The number of pyridine rings is 1. The lowest BCUT2D eigenvalue weighted by Gasteiger charge is -2.38. The molecule has 0 unspecified atom stereocenters. The van der Waals surface area contributed by atoms with Crippen LogP contribution in [0.15, 0.2) is 53.5 Å². The number of nitrogens with zero attached hydrogens (tertiary/aromatic N) is 3. The number of rotatable bonds is 5. The van der Waals surface area contributed by atoms with Gasteiger partial charge in [0.1, 0.15) is 29.7 Å². The van der Waals surface area contributed by atoms with Crippen molar-refractivity contribution in [1.82, 2.24) is 14.9 Å². The van der Waals surface area contributed by atoms with Crippen molar-refractivity contribution in [2.45, 2.75) is 20.0 Å². The highest BCUT2D eigenvalue weighted by molar-refractivity contribution is 6.01.